The van der Waals surface area contributed by atoms with Gasteiger partial charge in [0.1, 0.15) is 24.1 Å². The SMILES string of the molecule is CCCNC(=O)[C@@H](CC)N(CCc1ccccc1)C(=O)CN(c1cc(OC)ccc1OC)S(=O)(=O)c1ccc(C)cc1. The number of carbonyl (C=O) groups is 2. The molecule has 0 radical (unpaired) electrons. The molecular formula is C32H41N3O6S. The molecule has 10 heteroatoms. The van der Waals surface area contributed by atoms with Crippen molar-refractivity contribution in [3.63, 3.8) is 0 Å². The Morgan fingerprint density at radius 1 is 0.929 bits per heavy atom. The highest BCUT2D eigenvalue weighted by atomic mass is 32.2. The maximum absolute atomic E-state index is 14.2. The monoisotopic (exact) mass is 595 g/mol. The van der Waals surface area contributed by atoms with Crippen LogP contribution in [-0.4, -0.2) is 65.0 Å². The first-order valence-corrected chi connectivity index (χ1v) is 15.5. The minimum absolute atomic E-state index is 0.0225. The number of anilines is 1. The summed E-state index contributed by atoms with van der Waals surface area (Å²) in [5.41, 5.74) is 2.04. The third kappa shape index (κ3) is 8.03. The lowest BCUT2D eigenvalue weighted by molar-refractivity contribution is -0.139. The quantitative estimate of drug-likeness (QED) is 0.276. The standard InChI is InChI=1S/C32H41N3O6S/c1-6-20-33-32(37)28(7-2)34(21-19-25-11-9-8-10-12-25)31(36)23-35(29-22-26(40-4)15-18-30(29)41-5)42(38,39)27-16-13-24(3)14-17-27/h8-18,22,28H,6-7,19-21,23H2,1-5H3,(H,33,37)/t28-/m1/s1. The van der Waals surface area contributed by atoms with Gasteiger partial charge in [-0.2, -0.15) is 0 Å². The van der Waals surface area contributed by atoms with Gasteiger partial charge in [0.2, 0.25) is 11.8 Å². The second-order valence-corrected chi connectivity index (χ2v) is 11.8. The molecule has 0 aliphatic carbocycles. The van der Waals surface area contributed by atoms with Crippen LogP contribution in [0.3, 0.4) is 0 Å². The maximum Gasteiger partial charge on any atom is 0.264 e. The Labute approximate surface area is 249 Å². The summed E-state index contributed by atoms with van der Waals surface area (Å²) in [5, 5.41) is 2.90. The van der Waals surface area contributed by atoms with Gasteiger partial charge in [0.15, 0.2) is 0 Å². The number of nitrogens with zero attached hydrogens (tertiary/aromatic N) is 2. The van der Waals surface area contributed by atoms with Crippen LogP contribution in [0.15, 0.2) is 77.7 Å². The van der Waals surface area contributed by atoms with Crippen molar-refractivity contribution >= 4 is 27.5 Å². The van der Waals surface area contributed by atoms with Crippen LogP contribution in [0.1, 0.15) is 37.8 Å². The number of aryl methyl sites for hydroxylation is 1. The summed E-state index contributed by atoms with van der Waals surface area (Å²) in [6.07, 6.45) is 1.61. The molecule has 0 fully saturated rings. The average Bonchev–Trinajstić information content (AvgIpc) is 3.00. The summed E-state index contributed by atoms with van der Waals surface area (Å²) in [6.45, 7) is 5.81. The van der Waals surface area contributed by atoms with Crippen LogP contribution in [0, 0.1) is 6.92 Å². The van der Waals surface area contributed by atoms with E-state index in [4.69, 9.17) is 9.47 Å². The Kier molecular flexibility index (Phi) is 11.8. The molecule has 0 aliphatic rings. The van der Waals surface area contributed by atoms with E-state index in [2.05, 4.69) is 5.32 Å². The number of nitrogens with one attached hydrogen (secondary N) is 1. The van der Waals surface area contributed by atoms with Crippen molar-refractivity contribution in [3.8, 4) is 11.5 Å². The summed E-state index contributed by atoms with van der Waals surface area (Å²) in [7, 11) is -1.34. The molecule has 3 rings (SSSR count). The van der Waals surface area contributed by atoms with Gasteiger partial charge in [0, 0.05) is 19.2 Å². The third-order valence-electron chi connectivity index (χ3n) is 6.96. The van der Waals surface area contributed by atoms with E-state index in [1.807, 2.05) is 51.1 Å². The van der Waals surface area contributed by atoms with Crippen LogP contribution in [0.5, 0.6) is 11.5 Å². The molecule has 1 atom stereocenters. The van der Waals surface area contributed by atoms with Crippen LogP contribution < -0.4 is 19.1 Å². The van der Waals surface area contributed by atoms with E-state index in [0.717, 1.165) is 21.9 Å². The largest absolute Gasteiger partial charge is 0.497 e. The van der Waals surface area contributed by atoms with E-state index in [-0.39, 0.29) is 28.8 Å². The second kappa shape index (κ2) is 15.3. The first-order chi connectivity index (χ1) is 20.2. The smallest absolute Gasteiger partial charge is 0.264 e. The molecule has 9 nitrogen and oxygen atoms in total. The van der Waals surface area contributed by atoms with E-state index in [1.165, 1.54) is 37.3 Å². The van der Waals surface area contributed by atoms with Gasteiger partial charge in [0.25, 0.3) is 10.0 Å². The number of rotatable bonds is 15. The van der Waals surface area contributed by atoms with Gasteiger partial charge in [-0.3, -0.25) is 13.9 Å². The molecule has 0 bridgehead atoms. The Bertz CT molecular complexity index is 1430. The summed E-state index contributed by atoms with van der Waals surface area (Å²) >= 11 is 0. The molecule has 0 heterocycles. The first-order valence-electron chi connectivity index (χ1n) is 14.1. The molecule has 0 aromatic heterocycles. The van der Waals surface area contributed by atoms with Crippen molar-refractivity contribution in [1.29, 1.82) is 0 Å². The van der Waals surface area contributed by atoms with E-state index in [1.54, 1.807) is 24.3 Å². The molecule has 0 spiro atoms. The predicted molar refractivity (Wildman–Crippen MR) is 164 cm³/mol. The van der Waals surface area contributed by atoms with E-state index in [0.29, 0.717) is 25.1 Å². The second-order valence-electron chi connectivity index (χ2n) is 9.90. The lowest BCUT2D eigenvalue weighted by atomic mass is 10.1. The molecule has 226 valence electrons. The summed E-state index contributed by atoms with van der Waals surface area (Å²) in [5.74, 6) is -0.130. The van der Waals surface area contributed by atoms with Crippen molar-refractivity contribution in [2.45, 2.75) is 51.0 Å². The average molecular weight is 596 g/mol. The van der Waals surface area contributed by atoms with Crippen molar-refractivity contribution in [2.24, 2.45) is 0 Å². The topological polar surface area (TPSA) is 105 Å². The minimum atomic E-state index is -4.24. The lowest BCUT2D eigenvalue weighted by Gasteiger charge is -2.33. The molecule has 3 aromatic rings. The molecule has 42 heavy (non-hydrogen) atoms. The Morgan fingerprint density at radius 2 is 1.62 bits per heavy atom. The predicted octanol–water partition coefficient (Wildman–Crippen LogP) is 4.58. The van der Waals surface area contributed by atoms with Crippen LogP contribution in [0.4, 0.5) is 5.69 Å². The van der Waals surface area contributed by atoms with Crippen molar-refractivity contribution < 1.29 is 27.5 Å². The van der Waals surface area contributed by atoms with Crippen LogP contribution in [0.25, 0.3) is 0 Å². The molecule has 3 aromatic carbocycles. The molecule has 2 amide bonds. The molecular weight excluding hydrogens is 554 g/mol. The van der Waals surface area contributed by atoms with Crippen molar-refractivity contribution in [3.05, 3.63) is 83.9 Å². The number of carbonyl (C=O) groups excluding carboxylic acids is 2. The normalized spacial score (nSPS) is 11.8. The fraction of sp³-hybridized carbons (Fsp3) is 0.375. The van der Waals surface area contributed by atoms with Gasteiger partial charge in [-0.15, -0.1) is 0 Å². The number of methoxy groups -OCH3 is 2. The first kappa shape index (κ1) is 32.5. The molecule has 0 saturated heterocycles. The zero-order valence-corrected chi connectivity index (χ0v) is 25.8. The number of sulfonamides is 1. The maximum atomic E-state index is 14.2. The molecule has 1 N–H and O–H groups in total. The van der Waals surface area contributed by atoms with Crippen LogP contribution in [-0.2, 0) is 26.0 Å². The molecule has 0 unspecified atom stereocenters. The summed E-state index contributed by atoms with van der Waals surface area (Å²) in [4.78, 5) is 28.9. The third-order valence-corrected chi connectivity index (χ3v) is 8.74. The number of hydrogen-bond donors (Lipinski definition) is 1. The van der Waals surface area contributed by atoms with Crippen molar-refractivity contribution in [2.75, 3.05) is 38.2 Å². The summed E-state index contributed by atoms with van der Waals surface area (Å²) < 4.78 is 40.2. The number of benzene rings is 3. The molecule has 0 aliphatic heterocycles. The number of amides is 2. The fourth-order valence-electron chi connectivity index (χ4n) is 4.60. The zero-order chi connectivity index (χ0) is 30.7. The fourth-order valence-corrected chi connectivity index (χ4v) is 6.02. The zero-order valence-electron chi connectivity index (χ0n) is 25.0. The Morgan fingerprint density at radius 3 is 2.21 bits per heavy atom. The highest BCUT2D eigenvalue weighted by molar-refractivity contribution is 7.92. The molecule has 0 saturated carbocycles. The highest BCUT2D eigenvalue weighted by Gasteiger charge is 2.34. The number of ether oxygens (including phenoxy) is 2. The summed E-state index contributed by atoms with van der Waals surface area (Å²) in [6, 6.07) is 20.1. The van der Waals surface area contributed by atoms with Crippen LogP contribution >= 0.6 is 0 Å². The van der Waals surface area contributed by atoms with E-state index >= 15 is 0 Å². The van der Waals surface area contributed by atoms with Crippen molar-refractivity contribution in [1.82, 2.24) is 10.2 Å². The van der Waals surface area contributed by atoms with Gasteiger partial charge in [-0.1, -0.05) is 61.9 Å². The van der Waals surface area contributed by atoms with E-state index < -0.39 is 28.5 Å². The van der Waals surface area contributed by atoms with Gasteiger partial charge in [-0.05, 0) is 56.0 Å². The minimum Gasteiger partial charge on any atom is -0.497 e. The van der Waals surface area contributed by atoms with Gasteiger partial charge in [0.05, 0.1) is 24.8 Å². The van der Waals surface area contributed by atoms with Crippen LogP contribution in [0.2, 0.25) is 0 Å². The van der Waals surface area contributed by atoms with E-state index in [9.17, 15) is 18.0 Å². The highest BCUT2D eigenvalue weighted by Crippen LogP contribution is 2.36. The Balaban J connectivity index is 2.09. The Hall–Kier alpha value is -4.05. The van der Waals surface area contributed by atoms with Gasteiger partial charge >= 0.3 is 0 Å². The van der Waals surface area contributed by atoms with Gasteiger partial charge in [-0.25, -0.2) is 8.42 Å². The van der Waals surface area contributed by atoms with Gasteiger partial charge < -0.3 is 19.7 Å². The number of hydrogen-bond acceptors (Lipinski definition) is 6. The lowest BCUT2D eigenvalue weighted by Crippen LogP contribution is -2.53.